The lowest BCUT2D eigenvalue weighted by molar-refractivity contribution is 0.0445. The first-order chi connectivity index (χ1) is 3.75. The van der Waals surface area contributed by atoms with Gasteiger partial charge in [-0.1, -0.05) is 13.8 Å². The maximum atomic E-state index is 2.49. The molecule has 0 bridgehead atoms. The van der Waals surface area contributed by atoms with Gasteiger partial charge in [0.25, 0.3) is 0 Å². The zero-order chi connectivity index (χ0) is 6.15. The highest BCUT2D eigenvalue weighted by Gasteiger charge is 2.29. The van der Waals surface area contributed by atoms with Crippen LogP contribution in [0.15, 0.2) is 0 Å². The summed E-state index contributed by atoms with van der Waals surface area (Å²) >= 11 is 0. The normalized spacial score (nSPS) is 39.4. The molecule has 1 heterocycles. The third kappa shape index (κ3) is 0.752. The van der Waals surface area contributed by atoms with Crippen LogP contribution in [0.5, 0.6) is 0 Å². The van der Waals surface area contributed by atoms with Gasteiger partial charge in [0.1, 0.15) is 0 Å². The van der Waals surface area contributed by atoms with Gasteiger partial charge in [-0.05, 0) is 19.4 Å². The Morgan fingerprint density at radius 1 is 1.50 bits per heavy atom. The summed E-state index contributed by atoms with van der Waals surface area (Å²) in [6.45, 7) is 9.39. The maximum absolute atomic E-state index is 2.49. The lowest BCUT2D eigenvalue weighted by Crippen LogP contribution is -2.52. The summed E-state index contributed by atoms with van der Waals surface area (Å²) < 4.78 is 0. The number of hydrogen-bond acceptors (Lipinski definition) is 1. The molecule has 1 saturated heterocycles. The first-order valence-electron chi connectivity index (χ1n) is 3.49. The molecule has 1 fully saturated rings. The number of rotatable bonds is 1. The number of hydrogen-bond donors (Lipinski definition) is 0. The Balaban J connectivity index is 2.25. The molecule has 0 amide bonds. The van der Waals surface area contributed by atoms with E-state index in [4.69, 9.17) is 0 Å². The molecule has 1 aliphatic heterocycles. The van der Waals surface area contributed by atoms with E-state index in [0.717, 1.165) is 12.0 Å². The van der Waals surface area contributed by atoms with Crippen molar-refractivity contribution in [1.29, 1.82) is 0 Å². The van der Waals surface area contributed by atoms with Gasteiger partial charge in [0.15, 0.2) is 0 Å². The van der Waals surface area contributed by atoms with Crippen molar-refractivity contribution in [2.24, 2.45) is 5.92 Å². The van der Waals surface area contributed by atoms with Crippen LogP contribution in [0.25, 0.3) is 0 Å². The van der Waals surface area contributed by atoms with Gasteiger partial charge in [-0.15, -0.1) is 0 Å². The first-order valence-corrected chi connectivity index (χ1v) is 3.49. The summed E-state index contributed by atoms with van der Waals surface area (Å²) in [5, 5.41) is 0. The molecule has 2 atom stereocenters. The molecule has 0 spiro atoms. The van der Waals surface area contributed by atoms with Gasteiger partial charge >= 0.3 is 0 Å². The maximum Gasteiger partial charge on any atom is 0.0105 e. The van der Waals surface area contributed by atoms with Crippen LogP contribution in [-0.4, -0.2) is 24.0 Å². The molecule has 48 valence electrons. The van der Waals surface area contributed by atoms with Crippen molar-refractivity contribution in [2.75, 3.05) is 13.1 Å². The van der Waals surface area contributed by atoms with E-state index in [9.17, 15) is 0 Å². The van der Waals surface area contributed by atoms with E-state index in [1.54, 1.807) is 0 Å². The van der Waals surface area contributed by atoms with E-state index in [0.29, 0.717) is 0 Å². The Morgan fingerprint density at radius 2 is 2.12 bits per heavy atom. The van der Waals surface area contributed by atoms with E-state index in [2.05, 4.69) is 25.7 Å². The van der Waals surface area contributed by atoms with Crippen LogP contribution in [0.2, 0.25) is 0 Å². The fraction of sp³-hybridized carbons (Fsp3) is 1.00. The molecule has 1 heteroatoms. The van der Waals surface area contributed by atoms with Crippen LogP contribution >= 0.6 is 0 Å². The van der Waals surface area contributed by atoms with Gasteiger partial charge in [-0.3, -0.25) is 0 Å². The summed E-state index contributed by atoms with van der Waals surface area (Å²) in [6.07, 6.45) is 0. The molecule has 2 unspecified atom stereocenters. The van der Waals surface area contributed by atoms with Crippen LogP contribution in [0.1, 0.15) is 20.8 Å². The quantitative estimate of drug-likeness (QED) is 0.496. The smallest absolute Gasteiger partial charge is 0.0105 e. The molecule has 0 aromatic carbocycles. The van der Waals surface area contributed by atoms with Crippen molar-refractivity contribution >= 4 is 0 Å². The molecular weight excluding hydrogens is 98.1 g/mol. The van der Waals surface area contributed by atoms with E-state index >= 15 is 0 Å². The SMILES string of the molecule is CCN1CC(C)C1C. The standard InChI is InChI=1S/C7H15N/c1-4-8-5-6(2)7(8)3/h6-7H,4-5H2,1-3H3. The van der Waals surface area contributed by atoms with Gasteiger partial charge in [-0.2, -0.15) is 0 Å². The molecule has 1 aliphatic rings. The lowest BCUT2D eigenvalue weighted by atomic mass is 9.92. The Kier molecular flexibility index (Phi) is 1.57. The van der Waals surface area contributed by atoms with Crippen molar-refractivity contribution in [3.8, 4) is 0 Å². The zero-order valence-corrected chi connectivity index (χ0v) is 6.02. The Morgan fingerprint density at radius 3 is 2.25 bits per heavy atom. The summed E-state index contributed by atoms with van der Waals surface area (Å²) in [6, 6.07) is 0.847. The van der Waals surface area contributed by atoms with Crippen LogP contribution in [-0.2, 0) is 0 Å². The predicted octanol–water partition coefficient (Wildman–Crippen LogP) is 1.35. The second kappa shape index (κ2) is 2.06. The Hall–Kier alpha value is -0.0400. The average Bonchev–Trinajstić information content (AvgIpc) is 1.81. The van der Waals surface area contributed by atoms with Crippen LogP contribution in [0, 0.1) is 5.92 Å². The van der Waals surface area contributed by atoms with Crippen molar-refractivity contribution in [2.45, 2.75) is 26.8 Å². The van der Waals surface area contributed by atoms with Gasteiger partial charge in [-0.25, -0.2) is 0 Å². The van der Waals surface area contributed by atoms with Crippen LogP contribution < -0.4 is 0 Å². The van der Waals surface area contributed by atoms with E-state index in [1.807, 2.05) is 0 Å². The highest BCUT2D eigenvalue weighted by atomic mass is 15.2. The van der Waals surface area contributed by atoms with Gasteiger partial charge < -0.3 is 4.90 Å². The molecular formula is C7H15N. The molecule has 0 radical (unpaired) electrons. The zero-order valence-electron chi connectivity index (χ0n) is 6.02. The molecule has 0 aliphatic carbocycles. The first kappa shape index (κ1) is 6.09. The summed E-state index contributed by atoms with van der Waals surface area (Å²) in [5.74, 6) is 0.940. The number of likely N-dealkylation sites (tertiary alicyclic amines) is 1. The molecule has 1 rings (SSSR count). The van der Waals surface area contributed by atoms with Gasteiger partial charge in [0.2, 0.25) is 0 Å². The van der Waals surface area contributed by atoms with E-state index in [-0.39, 0.29) is 0 Å². The number of nitrogens with zero attached hydrogens (tertiary/aromatic N) is 1. The van der Waals surface area contributed by atoms with Crippen molar-refractivity contribution in [3.63, 3.8) is 0 Å². The fourth-order valence-corrected chi connectivity index (χ4v) is 1.33. The Labute approximate surface area is 51.7 Å². The summed E-state index contributed by atoms with van der Waals surface area (Å²) in [7, 11) is 0. The Bertz CT molecular complexity index is 80.5. The lowest BCUT2D eigenvalue weighted by Gasteiger charge is -2.44. The summed E-state index contributed by atoms with van der Waals surface area (Å²) in [5.41, 5.74) is 0. The van der Waals surface area contributed by atoms with Crippen molar-refractivity contribution < 1.29 is 0 Å². The van der Waals surface area contributed by atoms with Crippen LogP contribution in [0.3, 0.4) is 0 Å². The van der Waals surface area contributed by atoms with Gasteiger partial charge in [0, 0.05) is 12.6 Å². The van der Waals surface area contributed by atoms with Crippen LogP contribution in [0.4, 0.5) is 0 Å². The van der Waals surface area contributed by atoms with E-state index < -0.39 is 0 Å². The minimum atomic E-state index is 0.847. The highest BCUT2D eigenvalue weighted by Crippen LogP contribution is 2.22. The highest BCUT2D eigenvalue weighted by molar-refractivity contribution is 4.84. The van der Waals surface area contributed by atoms with Crippen molar-refractivity contribution in [3.05, 3.63) is 0 Å². The molecule has 0 saturated carbocycles. The third-order valence-corrected chi connectivity index (χ3v) is 2.33. The third-order valence-electron chi connectivity index (χ3n) is 2.33. The monoisotopic (exact) mass is 113 g/mol. The van der Waals surface area contributed by atoms with Crippen molar-refractivity contribution in [1.82, 2.24) is 4.90 Å². The second-order valence-corrected chi connectivity index (χ2v) is 2.81. The average molecular weight is 113 g/mol. The molecule has 1 nitrogen and oxygen atoms in total. The van der Waals surface area contributed by atoms with Gasteiger partial charge in [0.05, 0.1) is 0 Å². The van der Waals surface area contributed by atoms with E-state index in [1.165, 1.54) is 13.1 Å². The molecule has 0 aromatic rings. The molecule has 8 heavy (non-hydrogen) atoms. The molecule has 0 aromatic heterocycles. The minimum Gasteiger partial charge on any atom is -0.300 e. The molecule has 0 N–H and O–H groups in total. The predicted molar refractivity (Wildman–Crippen MR) is 35.9 cm³/mol. The minimum absolute atomic E-state index is 0.847. The summed E-state index contributed by atoms with van der Waals surface area (Å²) in [4.78, 5) is 2.49. The largest absolute Gasteiger partial charge is 0.300 e. The second-order valence-electron chi connectivity index (χ2n) is 2.81. The topological polar surface area (TPSA) is 3.24 Å². The fourth-order valence-electron chi connectivity index (χ4n) is 1.33.